The third-order valence-corrected chi connectivity index (χ3v) is 5.82. The van der Waals surface area contributed by atoms with Crippen molar-refractivity contribution in [1.29, 1.82) is 0 Å². The highest BCUT2D eigenvalue weighted by Crippen LogP contribution is 2.28. The number of halogens is 2. The van der Waals surface area contributed by atoms with Crippen LogP contribution in [0.5, 0.6) is 0 Å². The van der Waals surface area contributed by atoms with Gasteiger partial charge in [0.2, 0.25) is 10.0 Å². The van der Waals surface area contributed by atoms with Gasteiger partial charge in [0.05, 0.1) is 18.4 Å². The van der Waals surface area contributed by atoms with Crippen molar-refractivity contribution in [2.45, 2.75) is 31.6 Å². The summed E-state index contributed by atoms with van der Waals surface area (Å²) in [7, 11) is -3.88. The fourth-order valence-corrected chi connectivity index (χ4v) is 4.66. The second-order valence-corrected chi connectivity index (χ2v) is 7.36. The van der Waals surface area contributed by atoms with E-state index in [2.05, 4.69) is 0 Å². The number of hydrogen-bond donors (Lipinski definition) is 1. The van der Waals surface area contributed by atoms with Gasteiger partial charge in [0.15, 0.2) is 0 Å². The Kier molecular flexibility index (Phi) is 4.95. The number of benzene rings is 1. The molecule has 0 aliphatic carbocycles. The molecule has 21 heavy (non-hydrogen) atoms. The molecule has 4 nitrogen and oxygen atoms in total. The molecule has 118 valence electrons. The van der Waals surface area contributed by atoms with Gasteiger partial charge in [-0.25, -0.2) is 17.2 Å². The SMILES string of the molecule is CC1CCCN(S(=O)(=O)Cc2c(F)cccc2F)C1CO. The molecule has 0 radical (unpaired) electrons. The maximum Gasteiger partial charge on any atom is 0.218 e. The van der Waals surface area contributed by atoms with E-state index in [1.165, 1.54) is 10.4 Å². The van der Waals surface area contributed by atoms with Gasteiger partial charge in [-0.3, -0.25) is 0 Å². The fourth-order valence-electron chi connectivity index (χ4n) is 2.76. The first-order chi connectivity index (χ1) is 9.86. The second kappa shape index (κ2) is 6.37. The molecule has 1 aromatic rings. The van der Waals surface area contributed by atoms with Crippen molar-refractivity contribution in [2.75, 3.05) is 13.2 Å². The van der Waals surface area contributed by atoms with Crippen LogP contribution >= 0.6 is 0 Å². The maximum atomic E-state index is 13.6. The number of piperidine rings is 1. The summed E-state index contributed by atoms with van der Waals surface area (Å²) in [5.41, 5.74) is -0.451. The summed E-state index contributed by atoms with van der Waals surface area (Å²) in [4.78, 5) is 0. The molecule has 1 saturated heterocycles. The molecule has 7 heteroatoms. The van der Waals surface area contributed by atoms with Crippen LogP contribution in [-0.2, 0) is 15.8 Å². The number of aliphatic hydroxyl groups is 1. The zero-order valence-electron chi connectivity index (χ0n) is 11.8. The molecule has 2 unspecified atom stereocenters. The Morgan fingerprint density at radius 2 is 1.95 bits per heavy atom. The summed E-state index contributed by atoms with van der Waals surface area (Å²) in [6, 6.07) is 2.74. The van der Waals surface area contributed by atoms with E-state index < -0.39 is 39.0 Å². The van der Waals surface area contributed by atoms with E-state index in [1.54, 1.807) is 0 Å². The Labute approximate surface area is 123 Å². The van der Waals surface area contributed by atoms with Gasteiger partial charge in [-0.1, -0.05) is 13.0 Å². The predicted molar refractivity (Wildman–Crippen MR) is 75.0 cm³/mol. The minimum atomic E-state index is -3.88. The summed E-state index contributed by atoms with van der Waals surface area (Å²) in [5, 5.41) is 9.42. The molecule has 2 atom stereocenters. The number of sulfonamides is 1. The first-order valence-corrected chi connectivity index (χ1v) is 8.51. The number of aliphatic hydroxyl groups excluding tert-OH is 1. The van der Waals surface area contributed by atoms with Gasteiger partial charge in [-0.2, -0.15) is 4.31 Å². The Bertz CT molecular complexity index is 586. The van der Waals surface area contributed by atoms with Crippen LogP contribution in [0.25, 0.3) is 0 Å². The van der Waals surface area contributed by atoms with Crippen LogP contribution in [0.3, 0.4) is 0 Å². The first kappa shape index (κ1) is 16.3. The summed E-state index contributed by atoms with van der Waals surface area (Å²) in [6.45, 7) is 1.85. The average molecular weight is 319 g/mol. The van der Waals surface area contributed by atoms with Crippen molar-refractivity contribution in [3.63, 3.8) is 0 Å². The molecule has 0 amide bonds. The van der Waals surface area contributed by atoms with Crippen LogP contribution < -0.4 is 0 Å². The zero-order valence-corrected chi connectivity index (χ0v) is 12.6. The highest BCUT2D eigenvalue weighted by molar-refractivity contribution is 7.88. The van der Waals surface area contributed by atoms with E-state index in [4.69, 9.17) is 0 Å². The lowest BCUT2D eigenvalue weighted by Crippen LogP contribution is -2.50. The lowest BCUT2D eigenvalue weighted by molar-refractivity contribution is 0.113. The fraction of sp³-hybridized carbons (Fsp3) is 0.571. The van der Waals surface area contributed by atoms with Crippen LogP contribution in [0.15, 0.2) is 18.2 Å². The molecule has 0 saturated carbocycles. The van der Waals surface area contributed by atoms with Gasteiger partial charge < -0.3 is 5.11 Å². The van der Waals surface area contributed by atoms with E-state index in [0.29, 0.717) is 6.42 Å². The standard InChI is InChI=1S/C14H19F2NO3S/c1-10-4-3-7-17(14(10)8-18)21(19,20)9-11-12(15)5-2-6-13(11)16/h2,5-6,10,14,18H,3-4,7-9H2,1H3. The van der Waals surface area contributed by atoms with Crippen molar-refractivity contribution in [3.05, 3.63) is 35.4 Å². The summed E-state index contributed by atoms with van der Waals surface area (Å²) in [6.07, 6.45) is 1.50. The summed E-state index contributed by atoms with van der Waals surface area (Å²) in [5.74, 6) is -2.45. The first-order valence-electron chi connectivity index (χ1n) is 6.90. The van der Waals surface area contributed by atoms with E-state index in [9.17, 15) is 22.3 Å². The molecule has 1 aromatic carbocycles. The number of rotatable bonds is 4. The van der Waals surface area contributed by atoms with Gasteiger partial charge in [-0.15, -0.1) is 0 Å². The van der Waals surface area contributed by atoms with E-state index in [1.807, 2.05) is 6.92 Å². The third-order valence-electron chi connectivity index (χ3n) is 4.00. The number of hydrogen-bond acceptors (Lipinski definition) is 3. The molecule has 0 bridgehead atoms. The molecule has 0 aromatic heterocycles. The minimum Gasteiger partial charge on any atom is -0.395 e. The van der Waals surface area contributed by atoms with Crippen molar-refractivity contribution < 1.29 is 22.3 Å². The Balaban J connectivity index is 2.29. The van der Waals surface area contributed by atoms with Crippen LogP contribution in [0, 0.1) is 17.6 Å². The largest absolute Gasteiger partial charge is 0.395 e. The van der Waals surface area contributed by atoms with Crippen molar-refractivity contribution in [1.82, 2.24) is 4.31 Å². The van der Waals surface area contributed by atoms with Crippen LogP contribution in [0.1, 0.15) is 25.3 Å². The van der Waals surface area contributed by atoms with Gasteiger partial charge in [-0.05, 0) is 30.9 Å². The van der Waals surface area contributed by atoms with Gasteiger partial charge >= 0.3 is 0 Å². The van der Waals surface area contributed by atoms with Gasteiger partial charge in [0.25, 0.3) is 0 Å². The third kappa shape index (κ3) is 3.41. The Morgan fingerprint density at radius 1 is 1.33 bits per heavy atom. The van der Waals surface area contributed by atoms with Gasteiger partial charge in [0, 0.05) is 12.1 Å². The highest BCUT2D eigenvalue weighted by atomic mass is 32.2. The number of nitrogens with zero attached hydrogens (tertiary/aromatic N) is 1. The van der Waals surface area contributed by atoms with Crippen molar-refractivity contribution in [2.24, 2.45) is 5.92 Å². The van der Waals surface area contributed by atoms with E-state index in [0.717, 1.165) is 18.6 Å². The topological polar surface area (TPSA) is 57.6 Å². The maximum absolute atomic E-state index is 13.6. The van der Waals surface area contributed by atoms with Crippen LogP contribution in [-0.4, -0.2) is 37.0 Å². The summed E-state index contributed by atoms with van der Waals surface area (Å²) < 4.78 is 53.4. The molecule has 1 heterocycles. The molecule has 2 rings (SSSR count). The van der Waals surface area contributed by atoms with E-state index in [-0.39, 0.29) is 19.1 Å². The molecule has 1 aliphatic heterocycles. The molecule has 1 fully saturated rings. The Hall–Kier alpha value is -1.05. The molecule has 1 N–H and O–H groups in total. The lowest BCUT2D eigenvalue weighted by Gasteiger charge is -2.37. The molecular formula is C14H19F2NO3S. The van der Waals surface area contributed by atoms with Crippen molar-refractivity contribution in [3.8, 4) is 0 Å². The zero-order chi connectivity index (χ0) is 15.6. The highest BCUT2D eigenvalue weighted by Gasteiger charge is 2.36. The quantitative estimate of drug-likeness (QED) is 0.922. The smallest absolute Gasteiger partial charge is 0.218 e. The minimum absolute atomic E-state index is 0.0176. The molecule has 1 aliphatic rings. The van der Waals surface area contributed by atoms with E-state index >= 15 is 0 Å². The average Bonchev–Trinajstić information content (AvgIpc) is 2.43. The monoisotopic (exact) mass is 319 g/mol. The van der Waals surface area contributed by atoms with Crippen molar-refractivity contribution >= 4 is 10.0 Å². The molecule has 0 spiro atoms. The van der Waals surface area contributed by atoms with Crippen LogP contribution in [0.2, 0.25) is 0 Å². The van der Waals surface area contributed by atoms with Gasteiger partial charge in [0.1, 0.15) is 11.6 Å². The second-order valence-electron chi connectivity index (χ2n) is 5.44. The summed E-state index contributed by atoms with van der Waals surface area (Å²) >= 11 is 0. The Morgan fingerprint density at radius 3 is 2.52 bits per heavy atom. The molecular weight excluding hydrogens is 300 g/mol. The predicted octanol–water partition coefficient (Wildman–Crippen LogP) is 1.89. The normalized spacial score (nSPS) is 24.2. The van der Waals surface area contributed by atoms with Crippen LogP contribution in [0.4, 0.5) is 8.78 Å². The lowest BCUT2D eigenvalue weighted by atomic mass is 9.93.